The number of sulfone groups is 1. The molecule has 1 N–H and O–H groups in total. The zero-order valence-electron chi connectivity index (χ0n) is 18.8. The summed E-state index contributed by atoms with van der Waals surface area (Å²) in [6, 6.07) is 9.11. The molecule has 0 bridgehead atoms. The van der Waals surface area contributed by atoms with Crippen LogP contribution in [0.3, 0.4) is 0 Å². The minimum Gasteiger partial charge on any atom is -0.465 e. The zero-order chi connectivity index (χ0) is 23.7. The summed E-state index contributed by atoms with van der Waals surface area (Å²) in [6.45, 7) is 9.45. The number of amides is 1. The molecule has 0 saturated heterocycles. The van der Waals surface area contributed by atoms with Crippen LogP contribution in [0.15, 0.2) is 35.7 Å². The molecule has 0 aliphatic carbocycles. The van der Waals surface area contributed by atoms with E-state index in [-0.39, 0.29) is 6.61 Å². The Balaban J connectivity index is 2.12. The molecular weight excluding hydrogens is 452 g/mol. The summed E-state index contributed by atoms with van der Waals surface area (Å²) < 4.78 is 35.1. The number of carbonyl (C=O) groups is 2. The number of hydrogen-bond acceptors (Lipinski definition) is 8. The number of anilines is 2. The van der Waals surface area contributed by atoms with Crippen LogP contribution in [-0.2, 0) is 24.1 Å². The molecule has 1 atom stereocenters. The van der Waals surface area contributed by atoms with E-state index in [0.29, 0.717) is 10.6 Å². The van der Waals surface area contributed by atoms with Crippen molar-refractivity contribution in [3.05, 3.63) is 46.2 Å². The Hall–Kier alpha value is -2.59. The molecule has 1 heterocycles. The van der Waals surface area contributed by atoms with Crippen LogP contribution in [0.4, 0.5) is 16.2 Å². The van der Waals surface area contributed by atoms with Crippen LogP contribution in [0.25, 0.3) is 0 Å². The van der Waals surface area contributed by atoms with E-state index in [9.17, 15) is 18.0 Å². The zero-order valence-corrected chi connectivity index (χ0v) is 20.4. The van der Waals surface area contributed by atoms with E-state index in [1.807, 2.05) is 19.1 Å². The Kier molecular flexibility index (Phi) is 9.52. The van der Waals surface area contributed by atoms with Crippen molar-refractivity contribution >= 4 is 44.6 Å². The molecule has 0 aliphatic rings. The second kappa shape index (κ2) is 11.9. The van der Waals surface area contributed by atoms with Gasteiger partial charge in [-0.15, -0.1) is 11.3 Å². The number of nitrogens with zero attached hydrogens (tertiary/aromatic N) is 1. The number of aryl methyl sites for hydroxylation is 1. The van der Waals surface area contributed by atoms with Gasteiger partial charge in [0.25, 0.3) is 0 Å². The van der Waals surface area contributed by atoms with Gasteiger partial charge < -0.3 is 14.4 Å². The highest BCUT2D eigenvalue weighted by atomic mass is 32.2. The van der Waals surface area contributed by atoms with Gasteiger partial charge in [-0.2, -0.15) is 0 Å². The van der Waals surface area contributed by atoms with Gasteiger partial charge in [-0.25, -0.2) is 13.2 Å². The number of benzene rings is 1. The highest BCUT2D eigenvalue weighted by Crippen LogP contribution is 2.27. The van der Waals surface area contributed by atoms with E-state index in [2.05, 4.69) is 24.1 Å². The number of carbonyl (C=O) groups excluding carboxylic acids is 2. The average molecular weight is 483 g/mol. The molecule has 1 amide bonds. The predicted octanol–water partition coefficient (Wildman–Crippen LogP) is 4.17. The lowest BCUT2D eigenvalue weighted by molar-refractivity contribution is -0.139. The fraction of sp³-hybridized carbons (Fsp3) is 0.455. The molecule has 0 aliphatic heterocycles. The molecule has 0 saturated carbocycles. The first-order valence-electron chi connectivity index (χ1n) is 10.4. The van der Waals surface area contributed by atoms with Gasteiger partial charge in [0, 0.05) is 29.3 Å². The summed E-state index contributed by atoms with van der Waals surface area (Å²) >= 11 is 1.27. The Morgan fingerprint density at radius 1 is 1.16 bits per heavy atom. The molecule has 32 heavy (non-hydrogen) atoms. The highest BCUT2D eigenvalue weighted by Gasteiger charge is 2.28. The Morgan fingerprint density at radius 2 is 1.88 bits per heavy atom. The molecule has 10 heteroatoms. The molecule has 2 aromatic rings. The summed E-state index contributed by atoms with van der Waals surface area (Å²) in [6.07, 6.45) is -1.81. The first-order chi connectivity index (χ1) is 15.2. The maximum atomic E-state index is 12.6. The predicted molar refractivity (Wildman–Crippen MR) is 127 cm³/mol. The molecule has 0 fully saturated rings. The van der Waals surface area contributed by atoms with Crippen molar-refractivity contribution in [1.82, 2.24) is 0 Å². The van der Waals surface area contributed by atoms with Crippen LogP contribution in [0.5, 0.6) is 0 Å². The van der Waals surface area contributed by atoms with Crippen molar-refractivity contribution in [2.75, 3.05) is 41.4 Å². The van der Waals surface area contributed by atoms with Gasteiger partial charge in [0.15, 0.2) is 15.9 Å². The van der Waals surface area contributed by atoms with E-state index < -0.39 is 39.5 Å². The van der Waals surface area contributed by atoms with E-state index >= 15 is 0 Å². The summed E-state index contributed by atoms with van der Waals surface area (Å²) in [5, 5.41) is 4.45. The third kappa shape index (κ3) is 7.52. The number of nitrogens with one attached hydrogen (secondary N) is 1. The molecule has 0 spiro atoms. The topological polar surface area (TPSA) is 102 Å². The molecule has 176 valence electrons. The molecule has 1 aromatic carbocycles. The Morgan fingerprint density at radius 3 is 2.44 bits per heavy atom. The molecule has 0 radical (unpaired) electrons. The standard InChI is InChI=1S/C22H30N2O6S2/c1-5-24(6-2)17-10-11-18(16(4)13-17)23-22(26)30-19(20-9-8-12-31-20)14-32(27,28)15-21(25)29-7-3/h8-13,19H,5-7,14-15H2,1-4H3,(H,23,26). The minimum atomic E-state index is -3.85. The third-order valence-corrected chi connectivity index (χ3v) is 7.18. The Labute approximate surface area is 193 Å². The molecular formula is C22H30N2O6S2. The van der Waals surface area contributed by atoms with Gasteiger partial charge in [0.1, 0.15) is 5.75 Å². The fourth-order valence-electron chi connectivity index (χ4n) is 3.16. The second-order valence-corrected chi connectivity index (χ2v) is 10.2. The van der Waals surface area contributed by atoms with Crippen molar-refractivity contribution in [1.29, 1.82) is 0 Å². The number of rotatable bonds is 11. The quantitative estimate of drug-likeness (QED) is 0.480. The first-order valence-corrected chi connectivity index (χ1v) is 13.1. The summed E-state index contributed by atoms with van der Waals surface area (Å²) in [5.74, 6) is -2.11. The SMILES string of the molecule is CCOC(=O)CS(=O)(=O)CC(OC(=O)Nc1ccc(N(CC)CC)cc1C)c1cccs1. The lowest BCUT2D eigenvalue weighted by Crippen LogP contribution is -2.27. The number of hydrogen-bond donors (Lipinski definition) is 1. The summed E-state index contributed by atoms with van der Waals surface area (Å²) in [5.41, 5.74) is 2.48. The third-order valence-electron chi connectivity index (χ3n) is 4.73. The molecule has 1 aromatic heterocycles. The molecule has 2 rings (SSSR count). The van der Waals surface area contributed by atoms with Gasteiger partial charge in [-0.1, -0.05) is 6.07 Å². The lowest BCUT2D eigenvalue weighted by atomic mass is 10.1. The van der Waals surface area contributed by atoms with Gasteiger partial charge in [-0.3, -0.25) is 10.1 Å². The normalized spacial score (nSPS) is 12.1. The van der Waals surface area contributed by atoms with Gasteiger partial charge in [0.05, 0.1) is 12.4 Å². The number of esters is 1. The van der Waals surface area contributed by atoms with Crippen molar-refractivity contribution in [3.63, 3.8) is 0 Å². The van der Waals surface area contributed by atoms with Crippen molar-refractivity contribution < 1.29 is 27.5 Å². The monoisotopic (exact) mass is 482 g/mol. The summed E-state index contributed by atoms with van der Waals surface area (Å²) in [7, 11) is -3.85. The van der Waals surface area contributed by atoms with Crippen molar-refractivity contribution in [3.8, 4) is 0 Å². The number of ether oxygens (including phenoxy) is 2. The lowest BCUT2D eigenvalue weighted by Gasteiger charge is -2.22. The van der Waals surface area contributed by atoms with Crippen molar-refractivity contribution in [2.45, 2.75) is 33.8 Å². The van der Waals surface area contributed by atoms with Gasteiger partial charge >= 0.3 is 12.1 Å². The van der Waals surface area contributed by atoms with Crippen LogP contribution in [0.2, 0.25) is 0 Å². The van der Waals surface area contributed by atoms with Crippen molar-refractivity contribution in [2.24, 2.45) is 0 Å². The van der Waals surface area contributed by atoms with Crippen LogP contribution >= 0.6 is 11.3 Å². The van der Waals surface area contributed by atoms with Gasteiger partial charge in [0.2, 0.25) is 0 Å². The Bertz CT molecular complexity index is 1000. The maximum absolute atomic E-state index is 12.6. The van der Waals surface area contributed by atoms with E-state index in [1.54, 1.807) is 30.5 Å². The van der Waals surface area contributed by atoms with Crippen LogP contribution in [-0.4, -0.2) is 51.7 Å². The van der Waals surface area contributed by atoms with Crippen LogP contribution in [0, 0.1) is 6.92 Å². The molecule has 1 unspecified atom stereocenters. The van der Waals surface area contributed by atoms with Crippen LogP contribution < -0.4 is 10.2 Å². The summed E-state index contributed by atoms with van der Waals surface area (Å²) in [4.78, 5) is 27.0. The van der Waals surface area contributed by atoms with Crippen LogP contribution in [0.1, 0.15) is 37.3 Å². The van der Waals surface area contributed by atoms with E-state index in [1.165, 1.54) is 11.3 Å². The van der Waals surface area contributed by atoms with E-state index in [4.69, 9.17) is 9.47 Å². The minimum absolute atomic E-state index is 0.0913. The highest BCUT2D eigenvalue weighted by molar-refractivity contribution is 7.92. The second-order valence-electron chi connectivity index (χ2n) is 7.07. The first kappa shape index (κ1) is 25.7. The van der Waals surface area contributed by atoms with E-state index in [0.717, 1.165) is 24.3 Å². The average Bonchev–Trinajstić information content (AvgIpc) is 3.25. The molecule has 8 nitrogen and oxygen atoms in total. The fourth-order valence-corrected chi connectivity index (χ4v) is 5.29. The smallest absolute Gasteiger partial charge is 0.412 e. The number of thiophene rings is 1. The largest absolute Gasteiger partial charge is 0.465 e. The van der Waals surface area contributed by atoms with Gasteiger partial charge in [-0.05, 0) is 62.9 Å². The maximum Gasteiger partial charge on any atom is 0.412 e.